The van der Waals surface area contributed by atoms with E-state index in [0.29, 0.717) is 11.2 Å². The number of carbonyl (C=O) groups is 2. The van der Waals surface area contributed by atoms with Crippen LogP contribution in [0.1, 0.15) is 10.6 Å². The van der Waals surface area contributed by atoms with Gasteiger partial charge in [-0.1, -0.05) is 0 Å². The number of ether oxygens (including phenoxy) is 1. The maximum atomic E-state index is 13.0. The Balaban J connectivity index is 1.63. The molecule has 144 valence electrons. The van der Waals surface area contributed by atoms with Crippen molar-refractivity contribution < 1.29 is 22.7 Å². The Kier molecular flexibility index (Phi) is 4.35. The van der Waals surface area contributed by atoms with Crippen LogP contribution < -0.4 is 0 Å². The zero-order valence-electron chi connectivity index (χ0n) is 14.7. The van der Waals surface area contributed by atoms with Crippen molar-refractivity contribution in [3.8, 4) is 0 Å². The van der Waals surface area contributed by atoms with E-state index in [4.69, 9.17) is 4.74 Å². The van der Waals surface area contributed by atoms with E-state index in [2.05, 4.69) is 15.0 Å². The smallest absolute Gasteiger partial charge is 0.290 e. The van der Waals surface area contributed by atoms with Gasteiger partial charge in [-0.25, -0.2) is 18.4 Å². The van der Waals surface area contributed by atoms with Crippen LogP contribution in [0.2, 0.25) is 0 Å². The molecule has 0 saturated carbocycles. The number of amides is 2. The third-order valence-corrected chi connectivity index (χ3v) is 6.68. The predicted octanol–water partition coefficient (Wildman–Crippen LogP) is -0.946. The summed E-state index contributed by atoms with van der Waals surface area (Å²) in [5, 5.41) is 0. The van der Waals surface area contributed by atoms with Gasteiger partial charge in [-0.2, -0.15) is 0 Å². The number of methoxy groups -OCH3 is 1. The summed E-state index contributed by atoms with van der Waals surface area (Å²) in [4.78, 5) is 39.6. The minimum absolute atomic E-state index is 0.114. The molecule has 2 aliphatic heterocycles. The Bertz CT molecular complexity index is 971. The van der Waals surface area contributed by atoms with Gasteiger partial charge in [0.15, 0.2) is 21.3 Å². The summed E-state index contributed by atoms with van der Waals surface area (Å²) >= 11 is 0. The van der Waals surface area contributed by atoms with Gasteiger partial charge in [-0.05, 0) is 12.1 Å². The molecular formula is C16H19N5O5S. The molecule has 2 aromatic rings. The molecule has 0 spiro atoms. The first-order valence-corrected chi connectivity index (χ1v) is 10.3. The van der Waals surface area contributed by atoms with Crippen LogP contribution in [0.4, 0.5) is 0 Å². The number of sulfone groups is 1. The predicted molar refractivity (Wildman–Crippen MR) is 94.7 cm³/mol. The van der Waals surface area contributed by atoms with Crippen molar-refractivity contribution in [3.63, 3.8) is 0 Å². The minimum Gasteiger partial charge on any atom is -0.375 e. The summed E-state index contributed by atoms with van der Waals surface area (Å²) in [6.45, 7) is 0.366. The Morgan fingerprint density at radius 3 is 2.67 bits per heavy atom. The molecule has 2 aromatic heterocycles. The second-order valence-corrected chi connectivity index (χ2v) is 8.84. The molecule has 2 fully saturated rings. The zero-order chi connectivity index (χ0) is 19.2. The fourth-order valence-electron chi connectivity index (χ4n) is 3.80. The third-order valence-electron chi connectivity index (χ3n) is 4.99. The van der Waals surface area contributed by atoms with Crippen molar-refractivity contribution in [2.24, 2.45) is 0 Å². The van der Waals surface area contributed by atoms with E-state index in [-0.39, 0.29) is 48.8 Å². The Morgan fingerprint density at radius 1 is 1.26 bits per heavy atom. The highest BCUT2D eigenvalue weighted by atomic mass is 32.2. The average Bonchev–Trinajstić information content (AvgIpc) is 3.19. The number of fused-ring (bicyclic) bond motifs is 2. The molecule has 4 heterocycles. The van der Waals surface area contributed by atoms with Crippen LogP contribution >= 0.6 is 0 Å². The number of hydrogen-bond acceptors (Lipinski definition) is 7. The van der Waals surface area contributed by atoms with Crippen LogP contribution in [-0.2, 0) is 19.4 Å². The van der Waals surface area contributed by atoms with Crippen molar-refractivity contribution in [1.29, 1.82) is 0 Å². The van der Waals surface area contributed by atoms with E-state index >= 15 is 0 Å². The highest BCUT2D eigenvalue weighted by Gasteiger charge is 2.49. The first-order valence-electron chi connectivity index (χ1n) is 8.50. The second-order valence-electron chi connectivity index (χ2n) is 6.69. The molecule has 27 heavy (non-hydrogen) atoms. The van der Waals surface area contributed by atoms with Crippen molar-refractivity contribution in [3.05, 3.63) is 24.2 Å². The highest BCUT2D eigenvalue weighted by molar-refractivity contribution is 7.91. The first-order chi connectivity index (χ1) is 12.9. The van der Waals surface area contributed by atoms with Gasteiger partial charge in [0, 0.05) is 26.4 Å². The Morgan fingerprint density at radius 2 is 1.96 bits per heavy atom. The minimum atomic E-state index is -3.36. The first kappa shape index (κ1) is 17.9. The lowest BCUT2D eigenvalue weighted by molar-refractivity contribution is -0.140. The van der Waals surface area contributed by atoms with Crippen LogP contribution in [0.3, 0.4) is 0 Å². The van der Waals surface area contributed by atoms with Crippen molar-refractivity contribution >= 4 is 32.8 Å². The molecule has 0 unspecified atom stereocenters. The largest absolute Gasteiger partial charge is 0.375 e. The van der Waals surface area contributed by atoms with Gasteiger partial charge >= 0.3 is 0 Å². The van der Waals surface area contributed by atoms with E-state index < -0.39 is 21.9 Å². The topological polar surface area (TPSA) is 126 Å². The van der Waals surface area contributed by atoms with Crippen LogP contribution in [0.25, 0.3) is 11.2 Å². The number of rotatable bonds is 3. The number of aromatic amines is 1. The number of pyridine rings is 1. The SMILES string of the molecule is COCC(=O)N1CCN(C(=O)c2nc3ncccc3[nH]2)[C@H]2CS(=O)(=O)C[C@H]21. The van der Waals surface area contributed by atoms with Crippen LogP contribution in [0.5, 0.6) is 0 Å². The zero-order valence-corrected chi connectivity index (χ0v) is 15.5. The summed E-state index contributed by atoms with van der Waals surface area (Å²) < 4.78 is 29.3. The summed E-state index contributed by atoms with van der Waals surface area (Å²) in [6, 6.07) is 2.32. The van der Waals surface area contributed by atoms with Crippen molar-refractivity contribution in [2.75, 3.05) is 38.3 Å². The molecule has 2 aliphatic rings. The van der Waals surface area contributed by atoms with Gasteiger partial charge < -0.3 is 19.5 Å². The lowest BCUT2D eigenvalue weighted by Crippen LogP contribution is -2.62. The summed E-state index contributed by atoms with van der Waals surface area (Å²) in [7, 11) is -1.94. The number of nitrogens with zero attached hydrogens (tertiary/aromatic N) is 4. The maximum absolute atomic E-state index is 13.0. The number of imidazole rings is 1. The maximum Gasteiger partial charge on any atom is 0.290 e. The lowest BCUT2D eigenvalue weighted by Gasteiger charge is -2.43. The molecule has 2 amide bonds. The fourth-order valence-corrected chi connectivity index (χ4v) is 5.78. The van der Waals surface area contributed by atoms with E-state index in [1.54, 1.807) is 18.3 Å². The molecule has 4 rings (SSSR count). The molecule has 0 radical (unpaired) electrons. The Hall–Kier alpha value is -2.53. The summed E-state index contributed by atoms with van der Waals surface area (Å²) in [5.74, 6) is -0.871. The van der Waals surface area contributed by atoms with Crippen LogP contribution in [0.15, 0.2) is 18.3 Å². The third kappa shape index (κ3) is 3.16. The molecular weight excluding hydrogens is 374 g/mol. The number of piperazine rings is 1. The van der Waals surface area contributed by atoms with E-state index in [1.807, 2.05) is 0 Å². The van der Waals surface area contributed by atoms with Crippen LogP contribution in [0, 0.1) is 0 Å². The molecule has 1 N–H and O–H groups in total. The van der Waals surface area contributed by atoms with Gasteiger partial charge in [0.2, 0.25) is 5.91 Å². The molecule has 0 aromatic carbocycles. The monoisotopic (exact) mass is 393 g/mol. The van der Waals surface area contributed by atoms with Crippen LogP contribution in [-0.4, -0.2) is 95.4 Å². The highest BCUT2D eigenvalue weighted by Crippen LogP contribution is 2.28. The number of H-pyrrole nitrogens is 1. The fraction of sp³-hybridized carbons (Fsp3) is 0.500. The van der Waals surface area contributed by atoms with Gasteiger partial charge in [0.05, 0.1) is 29.1 Å². The number of nitrogens with one attached hydrogen (secondary N) is 1. The van der Waals surface area contributed by atoms with Gasteiger partial charge in [-0.15, -0.1) is 0 Å². The number of hydrogen-bond donors (Lipinski definition) is 1. The molecule has 2 atom stereocenters. The summed E-state index contributed by atoms with van der Waals surface area (Å²) in [6.07, 6.45) is 1.58. The van der Waals surface area contributed by atoms with Gasteiger partial charge in [-0.3, -0.25) is 9.59 Å². The number of aromatic nitrogens is 3. The van der Waals surface area contributed by atoms with Gasteiger partial charge in [0.25, 0.3) is 5.91 Å². The Labute approximate surface area is 155 Å². The lowest BCUT2D eigenvalue weighted by atomic mass is 10.0. The molecule has 11 heteroatoms. The number of carbonyl (C=O) groups excluding carboxylic acids is 2. The van der Waals surface area contributed by atoms with E-state index in [1.165, 1.54) is 16.9 Å². The molecule has 0 aliphatic carbocycles. The molecule has 0 bridgehead atoms. The average molecular weight is 393 g/mol. The second kappa shape index (κ2) is 6.57. The normalized spacial score (nSPS) is 24.2. The van der Waals surface area contributed by atoms with Crippen molar-refractivity contribution in [1.82, 2.24) is 24.8 Å². The quantitative estimate of drug-likeness (QED) is 0.713. The van der Waals surface area contributed by atoms with Gasteiger partial charge in [0.1, 0.15) is 6.61 Å². The van der Waals surface area contributed by atoms with E-state index in [0.717, 1.165) is 0 Å². The standard InChI is InChI=1S/C16H19N5O5S/c1-26-7-13(22)20-5-6-21(12-9-27(24,25)8-11(12)20)16(23)15-18-10-3-2-4-17-14(10)19-15/h2-4,11-12H,5-9H2,1H3,(H,17,18,19)/t11-,12+/m1/s1. The summed E-state index contributed by atoms with van der Waals surface area (Å²) in [5.41, 5.74) is 1.05. The molecule has 2 saturated heterocycles. The van der Waals surface area contributed by atoms with Crippen molar-refractivity contribution in [2.45, 2.75) is 12.1 Å². The van der Waals surface area contributed by atoms with E-state index in [9.17, 15) is 18.0 Å². The molecule has 10 nitrogen and oxygen atoms in total.